The van der Waals surface area contributed by atoms with Gasteiger partial charge in [-0.25, -0.2) is 0 Å². The molecule has 1 saturated heterocycles. The van der Waals surface area contributed by atoms with Crippen LogP contribution in [0.3, 0.4) is 0 Å². The van der Waals surface area contributed by atoms with E-state index < -0.39 is 5.41 Å². The fraction of sp³-hybridized carbons (Fsp3) is 0.909. The first-order chi connectivity index (χ1) is 6.88. The van der Waals surface area contributed by atoms with Crippen LogP contribution < -0.4 is 5.73 Å². The maximum Gasteiger partial charge on any atom is 0.229 e. The molecule has 1 amide bonds. The molecule has 0 spiro atoms. The van der Waals surface area contributed by atoms with Crippen LogP contribution in [0.2, 0.25) is 0 Å². The maximum absolute atomic E-state index is 12.1. The topological polar surface area (TPSA) is 49.6 Å². The van der Waals surface area contributed by atoms with Crippen LogP contribution in [0.25, 0.3) is 0 Å². The third kappa shape index (κ3) is 2.69. The lowest BCUT2D eigenvalue weighted by Crippen LogP contribution is -2.47. The Morgan fingerprint density at radius 3 is 2.60 bits per heavy atom. The first-order valence-electron chi connectivity index (χ1n) is 5.54. The van der Waals surface area contributed by atoms with Gasteiger partial charge >= 0.3 is 0 Å². The van der Waals surface area contributed by atoms with E-state index in [2.05, 4.69) is 11.9 Å². The van der Waals surface area contributed by atoms with Crippen LogP contribution in [-0.2, 0) is 4.79 Å². The summed E-state index contributed by atoms with van der Waals surface area (Å²) >= 11 is 0. The SMILES string of the molecule is CN1CCC(N(C)C(=O)C(C)(C)CN)C1. The minimum Gasteiger partial charge on any atom is -0.341 e. The van der Waals surface area contributed by atoms with Crippen LogP contribution in [0.15, 0.2) is 0 Å². The van der Waals surface area contributed by atoms with E-state index in [1.54, 1.807) is 0 Å². The van der Waals surface area contributed by atoms with Crippen LogP contribution in [0.4, 0.5) is 0 Å². The number of carbonyl (C=O) groups excluding carboxylic acids is 1. The second-order valence-corrected chi connectivity index (χ2v) is 5.21. The lowest BCUT2D eigenvalue weighted by atomic mass is 9.91. The predicted molar refractivity (Wildman–Crippen MR) is 61.5 cm³/mol. The Kier molecular flexibility index (Phi) is 3.73. The average molecular weight is 213 g/mol. The molecule has 0 aromatic carbocycles. The summed E-state index contributed by atoms with van der Waals surface area (Å²) in [6, 6.07) is 0.355. The molecular weight excluding hydrogens is 190 g/mol. The Morgan fingerprint density at radius 2 is 2.20 bits per heavy atom. The van der Waals surface area contributed by atoms with Gasteiger partial charge in [0.2, 0.25) is 5.91 Å². The molecule has 4 heteroatoms. The van der Waals surface area contributed by atoms with E-state index in [4.69, 9.17) is 5.73 Å². The number of nitrogens with zero attached hydrogens (tertiary/aromatic N) is 2. The molecule has 0 radical (unpaired) electrons. The monoisotopic (exact) mass is 213 g/mol. The number of hydrogen-bond acceptors (Lipinski definition) is 3. The van der Waals surface area contributed by atoms with Crippen molar-refractivity contribution in [3.8, 4) is 0 Å². The van der Waals surface area contributed by atoms with Crippen molar-refractivity contribution in [3.63, 3.8) is 0 Å². The van der Waals surface area contributed by atoms with E-state index in [1.807, 2.05) is 25.8 Å². The van der Waals surface area contributed by atoms with Gasteiger partial charge in [0.05, 0.1) is 5.41 Å². The Balaban J connectivity index is 2.60. The standard InChI is InChI=1S/C11H23N3O/c1-11(2,8-12)10(15)14(4)9-5-6-13(3)7-9/h9H,5-8,12H2,1-4H3. The molecular formula is C11H23N3O. The van der Waals surface area contributed by atoms with Crippen molar-refractivity contribution in [2.24, 2.45) is 11.1 Å². The molecule has 1 aliphatic heterocycles. The van der Waals surface area contributed by atoms with Gasteiger partial charge in [-0.05, 0) is 33.9 Å². The maximum atomic E-state index is 12.1. The molecule has 1 atom stereocenters. The molecule has 0 bridgehead atoms. The number of likely N-dealkylation sites (N-methyl/N-ethyl adjacent to an activating group) is 2. The van der Waals surface area contributed by atoms with E-state index >= 15 is 0 Å². The second-order valence-electron chi connectivity index (χ2n) is 5.21. The molecule has 1 heterocycles. The van der Waals surface area contributed by atoms with Crippen LogP contribution in [-0.4, -0.2) is 55.5 Å². The van der Waals surface area contributed by atoms with Gasteiger partial charge in [-0.2, -0.15) is 0 Å². The van der Waals surface area contributed by atoms with E-state index in [0.29, 0.717) is 12.6 Å². The number of rotatable bonds is 3. The van der Waals surface area contributed by atoms with Crippen LogP contribution in [0, 0.1) is 5.41 Å². The molecule has 0 aromatic rings. The zero-order valence-corrected chi connectivity index (χ0v) is 10.3. The summed E-state index contributed by atoms with van der Waals surface area (Å²) in [5, 5.41) is 0. The second kappa shape index (κ2) is 4.49. The predicted octanol–water partition coefficient (Wildman–Crippen LogP) is 0.134. The zero-order chi connectivity index (χ0) is 11.6. The van der Waals surface area contributed by atoms with E-state index in [1.165, 1.54) is 0 Å². The Hall–Kier alpha value is -0.610. The van der Waals surface area contributed by atoms with Crippen molar-refractivity contribution in [1.82, 2.24) is 9.80 Å². The highest BCUT2D eigenvalue weighted by Crippen LogP contribution is 2.21. The molecule has 1 unspecified atom stereocenters. The minimum atomic E-state index is -0.435. The highest BCUT2D eigenvalue weighted by Gasteiger charge is 2.34. The number of nitrogens with two attached hydrogens (primary N) is 1. The van der Waals surface area contributed by atoms with Crippen molar-refractivity contribution in [1.29, 1.82) is 0 Å². The summed E-state index contributed by atoms with van der Waals surface area (Å²) in [4.78, 5) is 16.2. The van der Waals surface area contributed by atoms with E-state index in [9.17, 15) is 4.79 Å². The van der Waals surface area contributed by atoms with Crippen molar-refractivity contribution in [2.45, 2.75) is 26.3 Å². The molecule has 15 heavy (non-hydrogen) atoms. The summed E-state index contributed by atoms with van der Waals surface area (Å²) < 4.78 is 0. The first kappa shape index (κ1) is 12.5. The van der Waals surface area contributed by atoms with Crippen LogP contribution in [0.5, 0.6) is 0 Å². The van der Waals surface area contributed by atoms with Gasteiger partial charge < -0.3 is 15.5 Å². The Labute approximate surface area is 92.4 Å². The van der Waals surface area contributed by atoms with Crippen molar-refractivity contribution in [2.75, 3.05) is 33.7 Å². The zero-order valence-electron chi connectivity index (χ0n) is 10.3. The normalized spacial score (nSPS) is 23.1. The third-order valence-corrected chi connectivity index (χ3v) is 3.32. The van der Waals surface area contributed by atoms with Crippen molar-refractivity contribution < 1.29 is 4.79 Å². The smallest absolute Gasteiger partial charge is 0.229 e. The largest absolute Gasteiger partial charge is 0.341 e. The van der Waals surface area contributed by atoms with Gasteiger partial charge in [-0.3, -0.25) is 4.79 Å². The van der Waals surface area contributed by atoms with Crippen molar-refractivity contribution in [3.05, 3.63) is 0 Å². The summed E-state index contributed by atoms with van der Waals surface area (Å²) in [7, 11) is 3.98. The molecule has 0 aliphatic carbocycles. The fourth-order valence-electron chi connectivity index (χ4n) is 1.96. The van der Waals surface area contributed by atoms with Gasteiger partial charge in [0.15, 0.2) is 0 Å². The van der Waals surface area contributed by atoms with Crippen LogP contribution >= 0.6 is 0 Å². The summed E-state index contributed by atoms with van der Waals surface area (Å²) in [6.45, 7) is 6.27. The Morgan fingerprint density at radius 1 is 1.60 bits per heavy atom. The summed E-state index contributed by atoms with van der Waals surface area (Å²) in [5.74, 6) is 0.158. The lowest BCUT2D eigenvalue weighted by molar-refractivity contribution is -0.140. The molecule has 1 aliphatic rings. The molecule has 88 valence electrons. The first-order valence-corrected chi connectivity index (χ1v) is 5.54. The molecule has 0 aromatic heterocycles. The molecule has 0 saturated carbocycles. The van der Waals surface area contributed by atoms with Gasteiger partial charge in [0, 0.05) is 26.2 Å². The van der Waals surface area contributed by atoms with Gasteiger partial charge in [-0.1, -0.05) is 0 Å². The summed E-state index contributed by atoms with van der Waals surface area (Å²) in [6.07, 6.45) is 1.07. The number of carbonyl (C=O) groups is 1. The minimum absolute atomic E-state index is 0.158. The number of hydrogen-bond donors (Lipinski definition) is 1. The number of likely N-dealkylation sites (tertiary alicyclic amines) is 1. The van der Waals surface area contributed by atoms with Crippen LogP contribution in [0.1, 0.15) is 20.3 Å². The van der Waals surface area contributed by atoms with Crippen molar-refractivity contribution >= 4 is 5.91 Å². The fourth-order valence-corrected chi connectivity index (χ4v) is 1.96. The van der Waals surface area contributed by atoms with E-state index in [0.717, 1.165) is 19.5 Å². The quantitative estimate of drug-likeness (QED) is 0.725. The van der Waals surface area contributed by atoms with Gasteiger partial charge in [-0.15, -0.1) is 0 Å². The van der Waals surface area contributed by atoms with E-state index in [-0.39, 0.29) is 5.91 Å². The van der Waals surface area contributed by atoms with Gasteiger partial charge in [0.1, 0.15) is 0 Å². The highest BCUT2D eigenvalue weighted by molar-refractivity contribution is 5.82. The molecule has 1 fully saturated rings. The molecule has 1 rings (SSSR count). The van der Waals surface area contributed by atoms with Gasteiger partial charge in [0.25, 0.3) is 0 Å². The average Bonchev–Trinajstić information content (AvgIpc) is 2.62. The Bertz CT molecular complexity index is 240. The molecule has 2 N–H and O–H groups in total. The number of amides is 1. The highest BCUT2D eigenvalue weighted by atomic mass is 16.2. The lowest BCUT2D eigenvalue weighted by Gasteiger charge is -2.32. The summed E-state index contributed by atoms with van der Waals surface area (Å²) in [5.41, 5.74) is 5.18. The molecule has 4 nitrogen and oxygen atoms in total. The third-order valence-electron chi connectivity index (χ3n) is 3.32.